The Labute approximate surface area is 115 Å². The largest absolute Gasteiger partial charge is 0.397 e. The summed E-state index contributed by atoms with van der Waals surface area (Å²) >= 11 is 1.43. The normalized spacial score (nSPS) is 16.5. The number of pyridine rings is 1. The fourth-order valence-electron chi connectivity index (χ4n) is 2.32. The maximum atomic E-state index is 12.6. The van der Waals surface area contributed by atoms with Gasteiger partial charge < -0.3 is 16.0 Å². The molecule has 2 aromatic rings. The van der Waals surface area contributed by atoms with Crippen LogP contribution in [0.1, 0.15) is 16.1 Å². The van der Waals surface area contributed by atoms with Crippen LogP contribution >= 0.6 is 11.3 Å². The number of amides is 1. The maximum absolute atomic E-state index is 12.6. The van der Waals surface area contributed by atoms with E-state index in [2.05, 4.69) is 10.3 Å². The van der Waals surface area contributed by atoms with Crippen molar-refractivity contribution < 1.29 is 4.79 Å². The number of carbonyl (C=O) groups excluding carboxylic acids is 1. The number of nitrogens with zero attached hydrogens (tertiary/aromatic N) is 2. The Morgan fingerprint density at radius 3 is 3.16 bits per heavy atom. The first-order valence-corrected chi connectivity index (χ1v) is 7.21. The molecule has 0 saturated carbocycles. The predicted octanol–water partition coefficient (Wildman–Crippen LogP) is 1.31. The molecule has 3 N–H and O–H groups in total. The number of hydrogen-bond donors (Lipinski definition) is 2. The molecular formula is C13H16N4OS. The fraction of sp³-hybridized carbons (Fsp3) is 0.385. The summed E-state index contributed by atoms with van der Waals surface area (Å²) in [6.45, 7) is 3.34. The molecule has 0 unspecified atom stereocenters. The van der Waals surface area contributed by atoms with Crippen LogP contribution in [0.2, 0.25) is 0 Å². The van der Waals surface area contributed by atoms with Crippen molar-refractivity contribution in [1.29, 1.82) is 0 Å². The lowest BCUT2D eigenvalue weighted by Gasteiger charge is -2.19. The zero-order valence-electron chi connectivity index (χ0n) is 10.6. The average molecular weight is 276 g/mol. The van der Waals surface area contributed by atoms with Crippen molar-refractivity contribution in [2.24, 2.45) is 0 Å². The molecule has 6 heteroatoms. The van der Waals surface area contributed by atoms with Crippen molar-refractivity contribution in [1.82, 2.24) is 15.2 Å². The van der Waals surface area contributed by atoms with Crippen LogP contribution in [0, 0.1) is 0 Å². The number of rotatable bonds is 1. The van der Waals surface area contributed by atoms with Gasteiger partial charge in [-0.05, 0) is 19.0 Å². The number of nitrogens with two attached hydrogens (primary N) is 1. The Hall–Kier alpha value is -1.66. The first-order chi connectivity index (χ1) is 9.27. The van der Waals surface area contributed by atoms with Gasteiger partial charge in [-0.1, -0.05) is 0 Å². The van der Waals surface area contributed by atoms with Gasteiger partial charge in [0.15, 0.2) is 0 Å². The minimum atomic E-state index is 0.0439. The van der Waals surface area contributed by atoms with E-state index in [0.717, 1.165) is 42.7 Å². The lowest BCUT2D eigenvalue weighted by molar-refractivity contribution is 0.0772. The van der Waals surface area contributed by atoms with Gasteiger partial charge in [0, 0.05) is 37.4 Å². The van der Waals surface area contributed by atoms with Crippen molar-refractivity contribution in [2.45, 2.75) is 6.42 Å². The molecule has 19 heavy (non-hydrogen) atoms. The number of thiophene rings is 1. The molecule has 100 valence electrons. The van der Waals surface area contributed by atoms with E-state index in [0.29, 0.717) is 10.6 Å². The van der Waals surface area contributed by atoms with E-state index in [9.17, 15) is 4.79 Å². The summed E-state index contributed by atoms with van der Waals surface area (Å²) in [5, 5.41) is 4.22. The van der Waals surface area contributed by atoms with Gasteiger partial charge in [0.05, 0.1) is 10.4 Å². The number of carbonyl (C=O) groups is 1. The Bertz CT molecular complexity index is 602. The Morgan fingerprint density at radius 1 is 1.42 bits per heavy atom. The quantitative estimate of drug-likeness (QED) is 0.824. The molecule has 1 amide bonds. The minimum Gasteiger partial charge on any atom is -0.397 e. The number of nitrogens with one attached hydrogen (secondary N) is 1. The summed E-state index contributed by atoms with van der Waals surface area (Å²) in [5.41, 5.74) is 6.69. The van der Waals surface area contributed by atoms with Crippen LogP contribution in [0.4, 0.5) is 5.69 Å². The standard InChI is InChI=1S/C13H16N4OS/c14-11-9-2-4-16-8-10(9)19-12(11)13(18)17-6-1-3-15-5-7-17/h2,4,8,15H,1,3,5-7,14H2. The van der Waals surface area contributed by atoms with Gasteiger partial charge in [0.2, 0.25) is 0 Å². The highest BCUT2D eigenvalue weighted by molar-refractivity contribution is 7.21. The zero-order valence-corrected chi connectivity index (χ0v) is 11.4. The van der Waals surface area contributed by atoms with Crippen LogP contribution in [0.5, 0.6) is 0 Å². The maximum Gasteiger partial charge on any atom is 0.266 e. The van der Waals surface area contributed by atoms with Crippen molar-refractivity contribution in [3.63, 3.8) is 0 Å². The second kappa shape index (κ2) is 5.14. The van der Waals surface area contributed by atoms with Crippen molar-refractivity contribution in [2.75, 3.05) is 31.9 Å². The van der Waals surface area contributed by atoms with E-state index in [1.54, 1.807) is 12.4 Å². The van der Waals surface area contributed by atoms with Gasteiger partial charge in [-0.15, -0.1) is 11.3 Å². The molecular weight excluding hydrogens is 260 g/mol. The third-order valence-corrected chi connectivity index (χ3v) is 4.50. The van der Waals surface area contributed by atoms with E-state index < -0.39 is 0 Å². The summed E-state index contributed by atoms with van der Waals surface area (Å²) in [7, 11) is 0. The predicted molar refractivity (Wildman–Crippen MR) is 77.4 cm³/mol. The first-order valence-electron chi connectivity index (χ1n) is 6.39. The molecule has 0 bridgehead atoms. The van der Waals surface area contributed by atoms with Crippen LogP contribution in [-0.2, 0) is 0 Å². The van der Waals surface area contributed by atoms with E-state index in [1.165, 1.54) is 11.3 Å². The van der Waals surface area contributed by atoms with Gasteiger partial charge >= 0.3 is 0 Å². The van der Waals surface area contributed by atoms with Gasteiger partial charge in [0.25, 0.3) is 5.91 Å². The summed E-state index contributed by atoms with van der Waals surface area (Å²) in [6.07, 6.45) is 4.45. The SMILES string of the molecule is Nc1c(C(=O)N2CCCNCC2)sc2cnccc12. The van der Waals surface area contributed by atoms with Crippen LogP contribution in [-0.4, -0.2) is 42.0 Å². The molecule has 0 aromatic carbocycles. The van der Waals surface area contributed by atoms with Crippen LogP contribution in [0.25, 0.3) is 10.1 Å². The number of anilines is 1. The summed E-state index contributed by atoms with van der Waals surface area (Å²) in [6, 6.07) is 1.86. The van der Waals surface area contributed by atoms with E-state index in [-0.39, 0.29) is 5.91 Å². The number of aromatic nitrogens is 1. The molecule has 1 fully saturated rings. The molecule has 1 aliphatic heterocycles. The van der Waals surface area contributed by atoms with E-state index in [4.69, 9.17) is 5.73 Å². The van der Waals surface area contributed by atoms with Crippen molar-refractivity contribution in [3.8, 4) is 0 Å². The molecule has 2 aromatic heterocycles. The monoisotopic (exact) mass is 276 g/mol. The van der Waals surface area contributed by atoms with E-state index in [1.807, 2.05) is 11.0 Å². The fourth-order valence-corrected chi connectivity index (χ4v) is 3.38. The Kier molecular flexibility index (Phi) is 3.35. The van der Waals surface area contributed by atoms with Gasteiger partial charge in [0.1, 0.15) is 4.88 Å². The topological polar surface area (TPSA) is 71.2 Å². The summed E-state index contributed by atoms with van der Waals surface area (Å²) in [5.74, 6) is 0.0439. The van der Waals surface area contributed by atoms with Crippen molar-refractivity contribution in [3.05, 3.63) is 23.3 Å². The lowest BCUT2D eigenvalue weighted by atomic mass is 10.2. The summed E-state index contributed by atoms with van der Waals surface area (Å²) < 4.78 is 0.969. The molecule has 3 heterocycles. The van der Waals surface area contributed by atoms with Gasteiger partial charge in [-0.2, -0.15) is 0 Å². The van der Waals surface area contributed by atoms with Crippen LogP contribution in [0.15, 0.2) is 18.5 Å². The highest BCUT2D eigenvalue weighted by Gasteiger charge is 2.22. The molecule has 3 rings (SSSR count). The van der Waals surface area contributed by atoms with Crippen LogP contribution in [0.3, 0.4) is 0 Å². The van der Waals surface area contributed by atoms with Crippen LogP contribution < -0.4 is 11.1 Å². The lowest BCUT2D eigenvalue weighted by Crippen LogP contribution is -2.34. The molecule has 1 saturated heterocycles. The highest BCUT2D eigenvalue weighted by atomic mass is 32.1. The average Bonchev–Trinajstić information content (AvgIpc) is 2.64. The Balaban J connectivity index is 1.94. The first kappa shape index (κ1) is 12.4. The number of nitrogen functional groups attached to an aromatic ring is 1. The second-order valence-electron chi connectivity index (χ2n) is 4.61. The van der Waals surface area contributed by atoms with Gasteiger partial charge in [-0.3, -0.25) is 9.78 Å². The van der Waals surface area contributed by atoms with E-state index >= 15 is 0 Å². The summed E-state index contributed by atoms with van der Waals surface area (Å²) in [4.78, 5) is 19.2. The molecule has 0 aliphatic carbocycles. The zero-order chi connectivity index (χ0) is 13.2. The Morgan fingerprint density at radius 2 is 2.32 bits per heavy atom. The molecule has 5 nitrogen and oxygen atoms in total. The smallest absolute Gasteiger partial charge is 0.266 e. The third kappa shape index (κ3) is 2.29. The second-order valence-corrected chi connectivity index (χ2v) is 5.66. The molecule has 0 spiro atoms. The number of fused-ring (bicyclic) bond motifs is 1. The minimum absolute atomic E-state index is 0.0439. The number of hydrogen-bond acceptors (Lipinski definition) is 5. The molecule has 1 aliphatic rings. The van der Waals surface area contributed by atoms with Gasteiger partial charge in [-0.25, -0.2) is 0 Å². The highest BCUT2D eigenvalue weighted by Crippen LogP contribution is 2.33. The van der Waals surface area contributed by atoms with Crippen molar-refractivity contribution >= 4 is 33.0 Å². The molecule has 0 atom stereocenters. The third-order valence-electron chi connectivity index (χ3n) is 3.35. The molecule has 0 radical (unpaired) electrons.